The Morgan fingerprint density at radius 3 is 2.33 bits per heavy atom. The van der Waals surface area contributed by atoms with E-state index in [1.54, 1.807) is 6.92 Å². The van der Waals surface area contributed by atoms with Gasteiger partial charge < -0.3 is 15.5 Å². The summed E-state index contributed by atoms with van der Waals surface area (Å²) in [6, 6.07) is 0.702. The predicted octanol–water partition coefficient (Wildman–Crippen LogP) is 0.736. The summed E-state index contributed by atoms with van der Waals surface area (Å²) in [6.45, 7) is 0.337. The number of halogens is 2. The van der Waals surface area contributed by atoms with Crippen LogP contribution in [0.4, 0.5) is 14.5 Å². The number of carbonyl (C=O) groups excluding carboxylic acids is 1. The average Bonchev–Trinajstić information content (AvgIpc) is 2.44. The fourth-order valence-corrected chi connectivity index (χ4v) is 1.60. The van der Waals surface area contributed by atoms with Crippen molar-refractivity contribution in [2.75, 3.05) is 13.2 Å². The van der Waals surface area contributed by atoms with E-state index in [2.05, 4.69) is 5.32 Å². The molecule has 1 rings (SSSR count). The maximum absolute atomic E-state index is 13.6. The second-order valence-electron chi connectivity index (χ2n) is 4.44. The number of aliphatic hydroxyl groups excluding tert-OH is 2. The highest BCUT2D eigenvalue weighted by atomic mass is 19.1. The third-order valence-electron chi connectivity index (χ3n) is 3.14. The van der Waals surface area contributed by atoms with Gasteiger partial charge in [-0.15, -0.1) is 0 Å². The molecule has 9 heteroatoms. The number of aliphatic hydroxyl groups is 2. The van der Waals surface area contributed by atoms with Gasteiger partial charge in [0.25, 0.3) is 5.91 Å². The first-order chi connectivity index (χ1) is 9.80. The van der Waals surface area contributed by atoms with E-state index in [0.717, 1.165) is 0 Å². The SMILES string of the molecule is CCC(CO)(CO)NC(=O)c1cc([N+](=O)[O-])c(F)cc1F. The highest BCUT2D eigenvalue weighted by molar-refractivity contribution is 5.95. The molecule has 0 unspecified atom stereocenters. The lowest BCUT2D eigenvalue weighted by Crippen LogP contribution is -2.54. The van der Waals surface area contributed by atoms with Crippen LogP contribution in [0.3, 0.4) is 0 Å². The van der Waals surface area contributed by atoms with E-state index in [1.807, 2.05) is 0 Å². The van der Waals surface area contributed by atoms with Crippen molar-refractivity contribution in [2.24, 2.45) is 0 Å². The number of nitro groups is 1. The molecular weight excluding hydrogens is 290 g/mol. The quantitative estimate of drug-likeness (QED) is 0.530. The maximum Gasteiger partial charge on any atom is 0.305 e. The molecule has 1 amide bonds. The highest BCUT2D eigenvalue weighted by Gasteiger charge is 2.31. The fourth-order valence-electron chi connectivity index (χ4n) is 1.60. The Morgan fingerprint density at radius 1 is 1.33 bits per heavy atom. The van der Waals surface area contributed by atoms with Crippen molar-refractivity contribution in [3.05, 3.63) is 39.4 Å². The zero-order valence-corrected chi connectivity index (χ0v) is 11.1. The first kappa shape index (κ1) is 16.9. The van der Waals surface area contributed by atoms with E-state index >= 15 is 0 Å². The number of rotatable bonds is 6. The number of nitrogens with zero attached hydrogens (tertiary/aromatic N) is 1. The van der Waals surface area contributed by atoms with Gasteiger partial charge in [0.05, 0.1) is 29.2 Å². The summed E-state index contributed by atoms with van der Waals surface area (Å²) in [5.74, 6) is -3.78. The Labute approximate surface area is 118 Å². The third-order valence-corrected chi connectivity index (χ3v) is 3.14. The lowest BCUT2D eigenvalue weighted by atomic mass is 9.97. The van der Waals surface area contributed by atoms with Crippen LogP contribution in [0.25, 0.3) is 0 Å². The van der Waals surface area contributed by atoms with Crippen LogP contribution < -0.4 is 5.32 Å². The normalized spacial score (nSPS) is 11.3. The number of benzene rings is 1. The van der Waals surface area contributed by atoms with Gasteiger partial charge in [0.1, 0.15) is 5.82 Å². The van der Waals surface area contributed by atoms with Crippen LogP contribution >= 0.6 is 0 Å². The van der Waals surface area contributed by atoms with E-state index in [4.69, 9.17) is 0 Å². The summed E-state index contributed by atoms with van der Waals surface area (Å²) in [7, 11) is 0. The minimum Gasteiger partial charge on any atom is -0.394 e. The molecule has 7 nitrogen and oxygen atoms in total. The molecule has 0 atom stereocenters. The molecular formula is C12H14F2N2O5. The van der Waals surface area contributed by atoms with Crippen molar-refractivity contribution < 1.29 is 28.7 Å². The van der Waals surface area contributed by atoms with Crippen LogP contribution in [0.1, 0.15) is 23.7 Å². The van der Waals surface area contributed by atoms with Gasteiger partial charge in [0.2, 0.25) is 5.82 Å². The minimum atomic E-state index is -1.40. The Hall–Kier alpha value is -2.13. The minimum absolute atomic E-state index is 0.136. The number of nitrogens with one attached hydrogen (secondary N) is 1. The molecule has 21 heavy (non-hydrogen) atoms. The molecule has 0 saturated heterocycles. The molecule has 0 heterocycles. The van der Waals surface area contributed by atoms with Crippen LogP contribution in [-0.2, 0) is 0 Å². The molecule has 3 N–H and O–H groups in total. The molecule has 0 radical (unpaired) electrons. The molecule has 0 bridgehead atoms. The smallest absolute Gasteiger partial charge is 0.305 e. The predicted molar refractivity (Wildman–Crippen MR) is 67.7 cm³/mol. The number of nitro benzene ring substituents is 1. The summed E-state index contributed by atoms with van der Waals surface area (Å²) >= 11 is 0. The standard InChI is InChI=1S/C12H14F2N2O5/c1-2-12(5-17,6-18)15-11(19)7-3-10(16(20)21)9(14)4-8(7)13/h3-4,17-18H,2,5-6H2,1H3,(H,15,19). The van der Waals surface area contributed by atoms with Crippen LogP contribution in [0, 0.1) is 21.7 Å². The summed E-state index contributed by atoms with van der Waals surface area (Å²) in [5.41, 5.74) is -3.19. The maximum atomic E-state index is 13.6. The van der Waals surface area contributed by atoms with Gasteiger partial charge in [0, 0.05) is 12.1 Å². The molecule has 1 aromatic rings. The topological polar surface area (TPSA) is 113 Å². The lowest BCUT2D eigenvalue weighted by Gasteiger charge is -2.29. The van der Waals surface area contributed by atoms with Gasteiger partial charge in [-0.05, 0) is 6.42 Å². The number of carbonyl (C=O) groups is 1. The zero-order valence-electron chi connectivity index (χ0n) is 11.1. The van der Waals surface area contributed by atoms with Crippen LogP contribution in [0.5, 0.6) is 0 Å². The van der Waals surface area contributed by atoms with E-state index in [0.29, 0.717) is 6.07 Å². The van der Waals surface area contributed by atoms with E-state index < -0.39 is 52.5 Å². The molecule has 116 valence electrons. The first-order valence-electron chi connectivity index (χ1n) is 5.98. The molecule has 0 aliphatic carbocycles. The van der Waals surface area contributed by atoms with Crippen LogP contribution in [-0.4, -0.2) is 39.8 Å². The third kappa shape index (κ3) is 3.50. The summed E-state index contributed by atoms with van der Waals surface area (Å²) in [4.78, 5) is 21.4. The fraction of sp³-hybridized carbons (Fsp3) is 0.417. The molecule has 0 fully saturated rings. The number of amides is 1. The Balaban J connectivity index is 3.19. The molecule has 0 aliphatic heterocycles. The van der Waals surface area contributed by atoms with Gasteiger partial charge in [-0.1, -0.05) is 6.92 Å². The first-order valence-corrected chi connectivity index (χ1v) is 5.98. The van der Waals surface area contributed by atoms with E-state index in [9.17, 15) is 33.9 Å². The Morgan fingerprint density at radius 2 is 1.90 bits per heavy atom. The Kier molecular flexibility index (Phi) is 5.28. The number of hydrogen-bond donors (Lipinski definition) is 3. The molecule has 0 aliphatic rings. The van der Waals surface area contributed by atoms with Crippen molar-refractivity contribution in [1.82, 2.24) is 5.32 Å². The van der Waals surface area contributed by atoms with Gasteiger partial charge in [0.15, 0.2) is 0 Å². The van der Waals surface area contributed by atoms with Gasteiger partial charge in [-0.2, -0.15) is 4.39 Å². The van der Waals surface area contributed by atoms with Crippen molar-refractivity contribution in [3.63, 3.8) is 0 Å². The van der Waals surface area contributed by atoms with E-state index in [-0.39, 0.29) is 12.5 Å². The molecule has 0 spiro atoms. The van der Waals surface area contributed by atoms with Gasteiger partial charge >= 0.3 is 5.69 Å². The van der Waals surface area contributed by atoms with Crippen LogP contribution in [0.2, 0.25) is 0 Å². The van der Waals surface area contributed by atoms with Crippen molar-refractivity contribution >= 4 is 11.6 Å². The van der Waals surface area contributed by atoms with Crippen molar-refractivity contribution in [2.45, 2.75) is 18.9 Å². The van der Waals surface area contributed by atoms with Crippen molar-refractivity contribution in [3.8, 4) is 0 Å². The van der Waals surface area contributed by atoms with E-state index in [1.165, 1.54) is 0 Å². The monoisotopic (exact) mass is 304 g/mol. The molecule has 0 aromatic heterocycles. The Bertz CT molecular complexity index is 553. The lowest BCUT2D eigenvalue weighted by molar-refractivity contribution is -0.387. The summed E-state index contributed by atoms with van der Waals surface area (Å²) in [5, 5.41) is 31.2. The van der Waals surface area contributed by atoms with Gasteiger partial charge in [-0.25, -0.2) is 4.39 Å². The summed E-state index contributed by atoms with van der Waals surface area (Å²) < 4.78 is 26.8. The largest absolute Gasteiger partial charge is 0.394 e. The number of hydrogen-bond acceptors (Lipinski definition) is 5. The summed E-state index contributed by atoms with van der Waals surface area (Å²) in [6.07, 6.45) is 0.136. The molecule has 1 aromatic carbocycles. The zero-order chi connectivity index (χ0) is 16.2. The molecule has 0 saturated carbocycles. The average molecular weight is 304 g/mol. The van der Waals surface area contributed by atoms with Crippen molar-refractivity contribution in [1.29, 1.82) is 0 Å². The highest BCUT2D eigenvalue weighted by Crippen LogP contribution is 2.22. The second kappa shape index (κ2) is 6.55. The van der Waals surface area contributed by atoms with Gasteiger partial charge in [-0.3, -0.25) is 14.9 Å². The second-order valence-corrected chi connectivity index (χ2v) is 4.44. The van der Waals surface area contributed by atoms with Crippen LogP contribution in [0.15, 0.2) is 12.1 Å².